The Morgan fingerprint density at radius 1 is 1.00 bits per heavy atom. The summed E-state index contributed by atoms with van der Waals surface area (Å²) in [5.41, 5.74) is 2.36. The number of carbonyl (C=O) groups is 1. The summed E-state index contributed by atoms with van der Waals surface area (Å²) in [5, 5.41) is 0. The maximum absolute atomic E-state index is 11.6. The van der Waals surface area contributed by atoms with E-state index in [0.717, 1.165) is 0 Å². The van der Waals surface area contributed by atoms with E-state index in [1.54, 1.807) is 6.20 Å². The quantitative estimate of drug-likeness (QED) is 0.574. The highest BCUT2D eigenvalue weighted by Crippen LogP contribution is 2.15. The van der Waals surface area contributed by atoms with Crippen molar-refractivity contribution in [2.45, 2.75) is 13.1 Å². The molecule has 0 aromatic heterocycles. The Kier molecular flexibility index (Phi) is 6.22. The molecule has 0 aliphatic rings. The highest BCUT2D eigenvalue weighted by atomic mass is 79.9. The second-order valence-electron chi connectivity index (χ2n) is 4.84. The summed E-state index contributed by atoms with van der Waals surface area (Å²) in [6.45, 7) is 1.42. The molecule has 0 amide bonds. The Balaban J connectivity index is 2.18. The number of nitrogens with zero attached hydrogens (tertiary/aromatic N) is 1. The minimum absolute atomic E-state index is 0.383. The van der Waals surface area contributed by atoms with Gasteiger partial charge < -0.3 is 9.64 Å². The van der Waals surface area contributed by atoms with Gasteiger partial charge in [-0.2, -0.15) is 0 Å². The van der Waals surface area contributed by atoms with Gasteiger partial charge in [0.05, 0.1) is 7.11 Å². The van der Waals surface area contributed by atoms with Gasteiger partial charge in [-0.05, 0) is 27.1 Å². The number of hydrogen-bond donors (Lipinski definition) is 0. The highest BCUT2D eigenvalue weighted by Gasteiger charge is 2.09. The van der Waals surface area contributed by atoms with Crippen molar-refractivity contribution < 1.29 is 9.53 Å². The molecule has 0 heterocycles. The topological polar surface area (TPSA) is 29.5 Å². The Morgan fingerprint density at radius 2 is 1.45 bits per heavy atom. The average molecular weight is 360 g/mol. The molecule has 0 radical (unpaired) electrons. The fourth-order valence-electron chi connectivity index (χ4n) is 2.09. The lowest BCUT2D eigenvalue weighted by Gasteiger charge is -2.21. The zero-order chi connectivity index (χ0) is 15.8. The number of carbonyl (C=O) groups excluding carboxylic acids is 1. The van der Waals surface area contributed by atoms with Crippen LogP contribution in [0.5, 0.6) is 0 Å². The molecule has 0 saturated heterocycles. The van der Waals surface area contributed by atoms with Crippen molar-refractivity contribution in [1.82, 2.24) is 4.90 Å². The fraction of sp³-hybridized carbons (Fsp3) is 0.167. The van der Waals surface area contributed by atoms with Crippen molar-refractivity contribution in [2.24, 2.45) is 0 Å². The van der Waals surface area contributed by atoms with Gasteiger partial charge in [-0.15, -0.1) is 0 Å². The standard InChI is InChI=1S/C18H18BrNO2/c1-22-18(21)17(19)14-20(12-15-8-4-2-5-9-15)13-16-10-6-3-7-11-16/h2-11,14H,12-13H2,1H3/b17-14+. The van der Waals surface area contributed by atoms with E-state index in [-0.39, 0.29) is 5.97 Å². The molecule has 3 nitrogen and oxygen atoms in total. The largest absolute Gasteiger partial charge is 0.465 e. The summed E-state index contributed by atoms with van der Waals surface area (Å²) < 4.78 is 5.14. The molecule has 0 N–H and O–H groups in total. The van der Waals surface area contributed by atoms with Gasteiger partial charge in [0.25, 0.3) is 0 Å². The highest BCUT2D eigenvalue weighted by molar-refractivity contribution is 9.12. The van der Waals surface area contributed by atoms with Crippen LogP contribution in [0.3, 0.4) is 0 Å². The van der Waals surface area contributed by atoms with Crippen LogP contribution in [0.2, 0.25) is 0 Å². The smallest absolute Gasteiger partial charge is 0.346 e. The number of rotatable bonds is 6. The number of benzene rings is 2. The monoisotopic (exact) mass is 359 g/mol. The molecular formula is C18H18BrNO2. The molecule has 2 aromatic rings. The molecule has 0 spiro atoms. The SMILES string of the molecule is COC(=O)/C(Br)=C\N(Cc1ccccc1)Cc1ccccc1. The molecule has 0 aliphatic carbocycles. The van der Waals surface area contributed by atoms with Crippen LogP contribution in [0.15, 0.2) is 71.3 Å². The van der Waals surface area contributed by atoms with Gasteiger partial charge in [-0.3, -0.25) is 0 Å². The average Bonchev–Trinajstić information content (AvgIpc) is 2.55. The summed E-state index contributed by atoms with van der Waals surface area (Å²) in [6.07, 6.45) is 1.78. The summed E-state index contributed by atoms with van der Waals surface area (Å²) in [4.78, 5) is 13.7. The normalized spacial score (nSPS) is 11.1. The first kappa shape index (κ1) is 16.3. The molecule has 0 saturated carbocycles. The minimum Gasteiger partial charge on any atom is -0.465 e. The molecule has 0 bridgehead atoms. The molecule has 2 aromatic carbocycles. The fourth-order valence-corrected chi connectivity index (χ4v) is 2.54. The van der Waals surface area contributed by atoms with Crippen LogP contribution < -0.4 is 0 Å². The number of methoxy groups -OCH3 is 1. The van der Waals surface area contributed by atoms with E-state index in [9.17, 15) is 4.79 Å². The second-order valence-corrected chi connectivity index (χ2v) is 5.70. The van der Waals surface area contributed by atoms with Crippen LogP contribution in [0.25, 0.3) is 0 Å². The van der Waals surface area contributed by atoms with Crippen LogP contribution in [-0.4, -0.2) is 18.0 Å². The van der Waals surface area contributed by atoms with Gasteiger partial charge >= 0.3 is 5.97 Å². The van der Waals surface area contributed by atoms with Gasteiger partial charge in [0, 0.05) is 19.3 Å². The van der Waals surface area contributed by atoms with E-state index in [4.69, 9.17) is 4.74 Å². The van der Waals surface area contributed by atoms with E-state index >= 15 is 0 Å². The Labute approximate surface area is 139 Å². The minimum atomic E-state index is -0.383. The van der Waals surface area contributed by atoms with Gasteiger partial charge in [-0.25, -0.2) is 4.79 Å². The number of ether oxygens (including phenoxy) is 1. The van der Waals surface area contributed by atoms with Crippen LogP contribution >= 0.6 is 15.9 Å². The number of esters is 1. The third kappa shape index (κ3) is 5.04. The molecule has 0 aliphatic heterocycles. The molecule has 2 rings (SSSR count). The first-order chi connectivity index (χ1) is 10.7. The maximum atomic E-state index is 11.6. The summed E-state index contributed by atoms with van der Waals surface area (Å²) in [5.74, 6) is -0.383. The maximum Gasteiger partial charge on any atom is 0.346 e. The van der Waals surface area contributed by atoms with Crippen LogP contribution in [0, 0.1) is 0 Å². The van der Waals surface area contributed by atoms with Gasteiger partial charge in [0.15, 0.2) is 0 Å². The predicted octanol–water partition coefficient (Wildman–Crippen LogP) is 4.10. The Morgan fingerprint density at radius 3 is 1.86 bits per heavy atom. The number of hydrogen-bond acceptors (Lipinski definition) is 3. The van der Waals surface area contributed by atoms with E-state index < -0.39 is 0 Å². The zero-order valence-electron chi connectivity index (χ0n) is 12.4. The number of halogens is 1. The summed E-state index contributed by atoms with van der Waals surface area (Å²) >= 11 is 3.28. The first-order valence-corrected chi connectivity index (χ1v) is 7.76. The third-order valence-electron chi connectivity index (χ3n) is 3.13. The molecule has 0 atom stereocenters. The van der Waals surface area contributed by atoms with Gasteiger partial charge in [0.1, 0.15) is 4.48 Å². The van der Waals surface area contributed by atoms with Crippen molar-refractivity contribution >= 4 is 21.9 Å². The molecule has 4 heteroatoms. The van der Waals surface area contributed by atoms with E-state index in [1.165, 1.54) is 18.2 Å². The Hall–Kier alpha value is -2.07. The first-order valence-electron chi connectivity index (χ1n) is 6.96. The summed E-state index contributed by atoms with van der Waals surface area (Å²) in [7, 11) is 1.37. The molecular weight excluding hydrogens is 342 g/mol. The molecule has 22 heavy (non-hydrogen) atoms. The van der Waals surface area contributed by atoms with Crippen LogP contribution in [0.4, 0.5) is 0 Å². The van der Waals surface area contributed by atoms with Gasteiger partial charge in [0.2, 0.25) is 0 Å². The van der Waals surface area contributed by atoms with E-state index in [2.05, 4.69) is 45.1 Å². The van der Waals surface area contributed by atoms with Crippen molar-refractivity contribution in [2.75, 3.05) is 7.11 Å². The lowest BCUT2D eigenvalue weighted by molar-refractivity contribution is -0.135. The predicted molar refractivity (Wildman–Crippen MR) is 91.2 cm³/mol. The Bertz CT molecular complexity index is 585. The summed E-state index contributed by atoms with van der Waals surface area (Å²) in [6, 6.07) is 20.3. The van der Waals surface area contributed by atoms with E-state index in [0.29, 0.717) is 17.6 Å². The lowest BCUT2D eigenvalue weighted by Crippen LogP contribution is -2.18. The van der Waals surface area contributed by atoms with Crippen molar-refractivity contribution in [1.29, 1.82) is 0 Å². The lowest BCUT2D eigenvalue weighted by atomic mass is 10.2. The zero-order valence-corrected chi connectivity index (χ0v) is 14.0. The molecule has 114 valence electrons. The van der Waals surface area contributed by atoms with E-state index in [1.807, 2.05) is 36.4 Å². The molecule has 0 fully saturated rings. The van der Waals surface area contributed by atoms with Crippen LogP contribution in [-0.2, 0) is 22.6 Å². The van der Waals surface area contributed by atoms with Crippen molar-refractivity contribution in [3.8, 4) is 0 Å². The van der Waals surface area contributed by atoms with Gasteiger partial charge in [-0.1, -0.05) is 60.7 Å². The molecule has 0 unspecified atom stereocenters. The van der Waals surface area contributed by atoms with Crippen molar-refractivity contribution in [3.05, 3.63) is 82.5 Å². The van der Waals surface area contributed by atoms with Crippen molar-refractivity contribution in [3.63, 3.8) is 0 Å². The third-order valence-corrected chi connectivity index (χ3v) is 3.66. The van der Waals surface area contributed by atoms with Crippen LogP contribution in [0.1, 0.15) is 11.1 Å². The second kappa shape index (κ2) is 8.39.